The van der Waals surface area contributed by atoms with Crippen LogP contribution < -0.4 is 4.74 Å². The van der Waals surface area contributed by atoms with Crippen molar-refractivity contribution in [1.29, 1.82) is 0 Å². The molecule has 1 aliphatic carbocycles. The van der Waals surface area contributed by atoms with E-state index in [4.69, 9.17) is 18.9 Å². The van der Waals surface area contributed by atoms with Crippen molar-refractivity contribution in [1.82, 2.24) is 5.01 Å². The van der Waals surface area contributed by atoms with Gasteiger partial charge in [-0.3, -0.25) is 14.6 Å². The second-order valence-corrected chi connectivity index (χ2v) is 11.7. The molecule has 0 N–H and O–H groups in total. The molecule has 9 heteroatoms. The number of hydrogen-bond acceptors (Lipinski definition) is 9. The van der Waals surface area contributed by atoms with Gasteiger partial charge in [0.1, 0.15) is 17.4 Å². The molecule has 0 bridgehead atoms. The highest BCUT2D eigenvalue weighted by Crippen LogP contribution is 2.63. The summed E-state index contributed by atoms with van der Waals surface area (Å²) in [6.07, 6.45) is 4.13. The van der Waals surface area contributed by atoms with Crippen LogP contribution in [0.25, 0.3) is 0 Å². The van der Waals surface area contributed by atoms with Gasteiger partial charge in [0.25, 0.3) is 5.79 Å². The number of hydrazone groups is 1. The summed E-state index contributed by atoms with van der Waals surface area (Å²) in [6.45, 7) is 5.33. The largest absolute Gasteiger partial charge is 0.497 e. The van der Waals surface area contributed by atoms with Crippen LogP contribution in [0.5, 0.6) is 5.75 Å². The van der Waals surface area contributed by atoms with Gasteiger partial charge in [0.15, 0.2) is 6.04 Å². The number of carbonyl (C=O) groups excluding carboxylic acids is 3. The predicted octanol–water partition coefficient (Wildman–Crippen LogP) is 4.25. The SMILES string of the molecule is COc1ccc([C@H]2[C@H](C(=O)OC(C)(C)C)N3N=Cc4ccccc4[C@@H]3C23C(=O)OC2(CCCC2)OC3=O)cc1. The third-order valence-corrected chi connectivity index (χ3v) is 8.13. The Labute approximate surface area is 227 Å². The van der Waals surface area contributed by atoms with E-state index in [0.717, 1.165) is 18.4 Å². The molecule has 6 rings (SSSR count). The Morgan fingerprint density at radius 2 is 1.64 bits per heavy atom. The molecule has 0 radical (unpaired) electrons. The monoisotopic (exact) mass is 532 g/mol. The molecule has 9 nitrogen and oxygen atoms in total. The van der Waals surface area contributed by atoms with Crippen LogP contribution in [0.2, 0.25) is 0 Å². The minimum Gasteiger partial charge on any atom is -0.497 e. The fraction of sp³-hybridized carbons (Fsp3) is 0.467. The average molecular weight is 533 g/mol. The van der Waals surface area contributed by atoms with E-state index in [9.17, 15) is 14.4 Å². The molecule has 4 aliphatic rings. The molecule has 2 spiro atoms. The van der Waals surface area contributed by atoms with Crippen LogP contribution in [0.3, 0.4) is 0 Å². The van der Waals surface area contributed by atoms with Gasteiger partial charge >= 0.3 is 17.9 Å². The first-order valence-corrected chi connectivity index (χ1v) is 13.3. The topological polar surface area (TPSA) is 104 Å². The first kappa shape index (κ1) is 25.4. The van der Waals surface area contributed by atoms with Crippen molar-refractivity contribution in [2.75, 3.05) is 7.11 Å². The molecule has 3 aliphatic heterocycles. The van der Waals surface area contributed by atoms with Crippen LogP contribution >= 0.6 is 0 Å². The summed E-state index contributed by atoms with van der Waals surface area (Å²) >= 11 is 0. The smallest absolute Gasteiger partial charge is 0.331 e. The maximum absolute atomic E-state index is 14.4. The quantitative estimate of drug-likeness (QED) is 0.427. The lowest BCUT2D eigenvalue weighted by Gasteiger charge is -2.45. The zero-order valence-corrected chi connectivity index (χ0v) is 22.5. The van der Waals surface area contributed by atoms with E-state index >= 15 is 0 Å². The molecule has 3 fully saturated rings. The molecular weight excluding hydrogens is 500 g/mol. The van der Waals surface area contributed by atoms with Crippen molar-refractivity contribution in [2.45, 2.75) is 75.8 Å². The molecule has 0 amide bonds. The van der Waals surface area contributed by atoms with E-state index in [0.29, 0.717) is 29.7 Å². The number of carbonyl (C=O) groups is 3. The highest BCUT2D eigenvalue weighted by Gasteiger charge is 2.76. The van der Waals surface area contributed by atoms with Crippen molar-refractivity contribution < 1.29 is 33.3 Å². The molecule has 0 unspecified atom stereocenters. The molecule has 3 atom stereocenters. The van der Waals surface area contributed by atoms with Crippen molar-refractivity contribution in [3.05, 3.63) is 65.2 Å². The number of fused-ring (bicyclic) bond motifs is 4. The summed E-state index contributed by atoms with van der Waals surface area (Å²) in [4.78, 5) is 42.8. The zero-order valence-electron chi connectivity index (χ0n) is 22.5. The van der Waals surface area contributed by atoms with Crippen molar-refractivity contribution in [3.8, 4) is 5.75 Å². The van der Waals surface area contributed by atoms with Gasteiger partial charge in [-0.05, 0) is 62.4 Å². The number of rotatable bonds is 3. The van der Waals surface area contributed by atoms with Gasteiger partial charge in [0.05, 0.1) is 13.3 Å². The minimum absolute atomic E-state index is 0.451. The minimum atomic E-state index is -1.90. The highest BCUT2D eigenvalue weighted by atomic mass is 16.7. The Bertz CT molecular complexity index is 1330. The summed E-state index contributed by atoms with van der Waals surface area (Å²) in [6, 6.07) is 12.4. The number of esters is 3. The molecule has 3 heterocycles. The van der Waals surface area contributed by atoms with Crippen molar-refractivity contribution >= 4 is 24.1 Å². The lowest BCUT2D eigenvalue weighted by atomic mass is 9.65. The fourth-order valence-corrected chi connectivity index (χ4v) is 6.54. The van der Waals surface area contributed by atoms with Crippen LogP contribution in [-0.4, -0.2) is 53.7 Å². The Morgan fingerprint density at radius 3 is 2.26 bits per heavy atom. The first-order chi connectivity index (χ1) is 18.6. The molecule has 204 valence electrons. The lowest BCUT2D eigenvalue weighted by molar-refractivity contribution is -0.263. The molecular formula is C30H32N2O7. The Hall–Kier alpha value is -3.88. The van der Waals surface area contributed by atoms with Gasteiger partial charge in [-0.2, -0.15) is 5.10 Å². The van der Waals surface area contributed by atoms with E-state index in [1.165, 1.54) is 0 Å². The second kappa shape index (κ2) is 8.83. The summed E-state index contributed by atoms with van der Waals surface area (Å²) < 4.78 is 23.4. The second-order valence-electron chi connectivity index (χ2n) is 11.7. The van der Waals surface area contributed by atoms with Crippen molar-refractivity contribution in [3.63, 3.8) is 0 Å². The van der Waals surface area contributed by atoms with Gasteiger partial charge in [-0.15, -0.1) is 0 Å². The van der Waals surface area contributed by atoms with Crippen LogP contribution in [0.15, 0.2) is 53.6 Å². The van der Waals surface area contributed by atoms with Crippen molar-refractivity contribution in [2.24, 2.45) is 10.5 Å². The van der Waals surface area contributed by atoms with Gasteiger partial charge < -0.3 is 18.9 Å². The Kier molecular flexibility index (Phi) is 5.75. The number of benzene rings is 2. The number of methoxy groups -OCH3 is 1. The van der Waals surface area contributed by atoms with Gasteiger partial charge in [-0.1, -0.05) is 36.4 Å². The zero-order chi connectivity index (χ0) is 27.6. The normalized spacial score (nSPS) is 26.2. The lowest BCUT2D eigenvalue weighted by Crippen LogP contribution is -2.59. The standard InChI is InChI=1S/C30H32N2O7/c1-28(2,3)37-25(33)23-22(18-11-13-20(36-4)14-12-18)30(24-21-10-6-5-9-19(21)17-31-32(23)24)26(34)38-29(39-27(30)35)15-7-8-16-29/h5-6,9-14,17,22-24H,7-8,15-16H2,1-4H3/t22-,23+,24+/m0/s1. The summed E-state index contributed by atoms with van der Waals surface area (Å²) in [7, 11) is 1.55. The Morgan fingerprint density at radius 1 is 1.00 bits per heavy atom. The average Bonchev–Trinajstić information content (AvgIpc) is 3.47. The van der Waals surface area contributed by atoms with E-state index in [1.807, 2.05) is 24.3 Å². The molecule has 2 saturated heterocycles. The van der Waals surface area contributed by atoms with Crippen LogP contribution in [0.4, 0.5) is 0 Å². The van der Waals surface area contributed by atoms with Crippen LogP contribution in [0.1, 0.15) is 75.1 Å². The van der Waals surface area contributed by atoms with Crippen LogP contribution in [0, 0.1) is 5.41 Å². The molecule has 0 aromatic heterocycles. The van der Waals surface area contributed by atoms with E-state index < -0.39 is 52.7 Å². The van der Waals surface area contributed by atoms with Gasteiger partial charge in [0.2, 0.25) is 5.41 Å². The molecule has 39 heavy (non-hydrogen) atoms. The van der Waals surface area contributed by atoms with E-state index in [1.54, 1.807) is 63.4 Å². The summed E-state index contributed by atoms with van der Waals surface area (Å²) in [5, 5.41) is 6.19. The number of ether oxygens (including phenoxy) is 4. The maximum atomic E-state index is 14.4. The van der Waals surface area contributed by atoms with Gasteiger partial charge in [0, 0.05) is 18.8 Å². The molecule has 2 aromatic rings. The number of nitrogens with zero attached hydrogens (tertiary/aromatic N) is 2. The molecule has 1 saturated carbocycles. The van der Waals surface area contributed by atoms with E-state index in [2.05, 4.69) is 5.10 Å². The number of hydrogen-bond donors (Lipinski definition) is 0. The predicted molar refractivity (Wildman–Crippen MR) is 140 cm³/mol. The fourth-order valence-electron chi connectivity index (χ4n) is 6.54. The molecule has 2 aromatic carbocycles. The third-order valence-electron chi connectivity index (χ3n) is 8.13. The Balaban J connectivity index is 1.60. The summed E-state index contributed by atoms with van der Waals surface area (Å²) in [5.74, 6) is -3.67. The highest BCUT2D eigenvalue weighted by molar-refractivity contribution is 6.06. The van der Waals surface area contributed by atoms with E-state index in [-0.39, 0.29) is 0 Å². The maximum Gasteiger partial charge on any atom is 0.331 e. The van der Waals surface area contributed by atoms with Gasteiger partial charge in [-0.25, -0.2) is 4.79 Å². The first-order valence-electron chi connectivity index (χ1n) is 13.3. The summed E-state index contributed by atoms with van der Waals surface area (Å²) in [5.41, 5.74) is -0.708. The third kappa shape index (κ3) is 3.81. The van der Waals surface area contributed by atoms with Crippen LogP contribution in [-0.2, 0) is 28.6 Å².